The molecule has 1 aromatic rings. The van der Waals surface area contributed by atoms with Crippen LogP contribution in [0.2, 0.25) is 5.02 Å². The molecule has 1 N–H and O–H groups in total. The second-order valence-electron chi connectivity index (χ2n) is 5.02. The minimum absolute atomic E-state index is 0.807. The van der Waals surface area contributed by atoms with E-state index in [4.69, 9.17) is 16.3 Å². The largest absolute Gasteiger partial charge is 0.492 e. The average Bonchev–Trinajstić information content (AvgIpc) is 3.17. The van der Waals surface area contributed by atoms with E-state index in [9.17, 15) is 0 Å². The molecule has 1 aliphatic carbocycles. The third-order valence-electron chi connectivity index (χ3n) is 3.65. The molecule has 2 aliphatic rings. The molecule has 0 amide bonds. The zero-order valence-electron chi connectivity index (χ0n) is 9.97. The first-order valence-corrected chi connectivity index (χ1v) is 6.86. The monoisotopic (exact) mass is 251 g/mol. The summed E-state index contributed by atoms with van der Waals surface area (Å²) in [6.45, 7) is 2.75. The molecule has 0 radical (unpaired) electrons. The Kier molecular flexibility index (Phi) is 3.26. The molecule has 0 atom stereocenters. The van der Waals surface area contributed by atoms with E-state index in [1.165, 1.54) is 30.4 Å². The molecule has 1 aliphatic heterocycles. The van der Waals surface area contributed by atoms with E-state index in [1.807, 2.05) is 6.07 Å². The van der Waals surface area contributed by atoms with Gasteiger partial charge in [0, 0.05) is 6.54 Å². The van der Waals surface area contributed by atoms with Gasteiger partial charge in [-0.15, -0.1) is 0 Å². The number of nitrogens with one attached hydrogen (secondary N) is 1. The smallest absolute Gasteiger partial charge is 0.138 e. The highest BCUT2D eigenvalue weighted by atomic mass is 35.5. The predicted octanol–water partition coefficient (Wildman–Crippen LogP) is 3.16. The van der Waals surface area contributed by atoms with Crippen molar-refractivity contribution in [1.82, 2.24) is 5.32 Å². The molecule has 17 heavy (non-hydrogen) atoms. The third kappa shape index (κ3) is 2.58. The van der Waals surface area contributed by atoms with Gasteiger partial charge < -0.3 is 10.1 Å². The van der Waals surface area contributed by atoms with Gasteiger partial charge >= 0.3 is 0 Å². The second-order valence-corrected chi connectivity index (χ2v) is 5.40. The number of hydrogen-bond donors (Lipinski definition) is 1. The Labute approximate surface area is 107 Å². The Balaban J connectivity index is 1.70. The summed E-state index contributed by atoms with van der Waals surface area (Å²) in [5.41, 5.74) is 2.59. The van der Waals surface area contributed by atoms with E-state index < -0.39 is 0 Å². The van der Waals surface area contributed by atoms with Gasteiger partial charge in [-0.1, -0.05) is 30.5 Å². The van der Waals surface area contributed by atoms with Crippen LogP contribution in [0.4, 0.5) is 0 Å². The van der Waals surface area contributed by atoms with E-state index in [2.05, 4.69) is 11.4 Å². The average molecular weight is 252 g/mol. The number of rotatable bonds is 4. The van der Waals surface area contributed by atoms with Crippen LogP contribution in [0.1, 0.15) is 30.4 Å². The van der Waals surface area contributed by atoms with Crippen molar-refractivity contribution in [2.75, 3.05) is 13.2 Å². The van der Waals surface area contributed by atoms with Crippen LogP contribution in [0.15, 0.2) is 12.1 Å². The van der Waals surface area contributed by atoms with Crippen LogP contribution in [-0.4, -0.2) is 13.2 Å². The molecule has 1 heterocycles. The number of halogens is 1. The molecule has 0 saturated heterocycles. The van der Waals surface area contributed by atoms with Crippen LogP contribution < -0.4 is 10.1 Å². The fourth-order valence-electron chi connectivity index (χ4n) is 2.37. The van der Waals surface area contributed by atoms with Gasteiger partial charge in [-0.05, 0) is 42.5 Å². The first-order valence-electron chi connectivity index (χ1n) is 6.48. The summed E-state index contributed by atoms with van der Waals surface area (Å²) in [6.07, 6.45) is 4.95. The Morgan fingerprint density at radius 2 is 2.24 bits per heavy atom. The lowest BCUT2D eigenvalue weighted by atomic mass is 10.0. The van der Waals surface area contributed by atoms with Crippen molar-refractivity contribution in [3.8, 4) is 5.75 Å². The molecular formula is C14H18ClNO. The van der Waals surface area contributed by atoms with Crippen molar-refractivity contribution < 1.29 is 4.74 Å². The lowest BCUT2D eigenvalue weighted by Crippen LogP contribution is -2.23. The van der Waals surface area contributed by atoms with Gasteiger partial charge in [0.1, 0.15) is 5.75 Å². The lowest BCUT2D eigenvalue weighted by Gasteiger charge is -2.20. The molecule has 0 spiro atoms. The maximum absolute atomic E-state index is 6.40. The molecule has 2 nitrogen and oxygen atoms in total. The molecule has 3 heteroatoms. The topological polar surface area (TPSA) is 21.3 Å². The van der Waals surface area contributed by atoms with Gasteiger partial charge in [0.05, 0.1) is 11.6 Å². The first kappa shape index (κ1) is 11.4. The summed E-state index contributed by atoms with van der Waals surface area (Å²) < 4.78 is 5.80. The standard InChI is InChI=1S/C14H18ClNO/c15-14-12-5-7-16-9-11(12)3-4-13(14)17-8-6-10-1-2-10/h3-4,10,16H,1-2,5-9H2. The molecular weight excluding hydrogens is 234 g/mol. The van der Waals surface area contributed by atoms with Crippen LogP contribution >= 0.6 is 11.6 Å². The van der Waals surface area contributed by atoms with E-state index in [-0.39, 0.29) is 0 Å². The van der Waals surface area contributed by atoms with Crippen molar-refractivity contribution in [2.45, 2.75) is 32.2 Å². The molecule has 0 unspecified atom stereocenters. The van der Waals surface area contributed by atoms with Crippen LogP contribution in [0, 0.1) is 5.92 Å². The number of ether oxygens (including phenoxy) is 1. The minimum Gasteiger partial charge on any atom is -0.492 e. The SMILES string of the molecule is Clc1c(OCCC2CC2)ccc2c1CCNC2. The van der Waals surface area contributed by atoms with E-state index >= 15 is 0 Å². The second kappa shape index (κ2) is 4.87. The normalized spacial score (nSPS) is 18.9. The number of hydrogen-bond acceptors (Lipinski definition) is 2. The lowest BCUT2D eigenvalue weighted by molar-refractivity contribution is 0.302. The van der Waals surface area contributed by atoms with Crippen LogP contribution in [0.25, 0.3) is 0 Å². The van der Waals surface area contributed by atoms with Crippen molar-refractivity contribution in [1.29, 1.82) is 0 Å². The maximum atomic E-state index is 6.40. The summed E-state index contributed by atoms with van der Waals surface area (Å²) in [6, 6.07) is 4.15. The van der Waals surface area contributed by atoms with Crippen molar-refractivity contribution in [2.24, 2.45) is 5.92 Å². The third-order valence-corrected chi connectivity index (χ3v) is 4.07. The molecule has 1 aromatic carbocycles. The first-order chi connectivity index (χ1) is 8.34. The van der Waals surface area contributed by atoms with Gasteiger partial charge in [-0.2, -0.15) is 0 Å². The van der Waals surface area contributed by atoms with Crippen LogP contribution in [0.3, 0.4) is 0 Å². The predicted molar refractivity (Wildman–Crippen MR) is 69.7 cm³/mol. The molecule has 3 rings (SSSR count). The maximum Gasteiger partial charge on any atom is 0.138 e. The van der Waals surface area contributed by atoms with Crippen LogP contribution in [0.5, 0.6) is 5.75 Å². The summed E-state index contributed by atoms with van der Waals surface area (Å²) >= 11 is 6.40. The van der Waals surface area contributed by atoms with Gasteiger partial charge in [-0.25, -0.2) is 0 Å². The van der Waals surface area contributed by atoms with Gasteiger partial charge in [0.25, 0.3) is 0 Å². The highest BCUT2D eigenvalue weighted by molar-refractivity contribution is 6.33. The van der Waals surface area contributed by atoms with E-state index in [0.717, 1.165) is 42.8 Å². The van der Waals surface area contributed by atoms with Gasteiger partial charge in [0.15, 0.2) is 0 Å². The quantitative estimate of drug-likeness (QED) is 0.888. The zero-order chi connectivity index (χ0) is 11.7. The molecule has 0 bridgehead atoms. The zero-order valence-corrected chi connectivity index (χ0v) is 10.7. The van der Waals surface area contributed by atoms with Gasteiger partial charge in [-0.3, -0.25) is 0 Å². The van der Waals surface area contributed by atoms with Crippen molar-refractivity contribution >= 4 is 11.6 Å². The van der Waals surface area contributed by atoms with E-state index in [0.29, 0.717) is 0 Å². The Bertz CT molecular complexity index is 415. The molecule has 92 valence electrons. The number of fused-ring (bicyclic) bond motifs is 1. The van der Waals surface area contributed by atoms with Crippen molar-refractivity contribution in [3.05, 3.63) is 28.3 Å². The molecule has 0 aromatic heterocycles. The molecule has 1 saturated carbocycles. The summed E-state index contributed by atoms with van der Waals surface area (Å²) in [7, 11) is 0. The highest BCUT2D eigenvalue weighted by Crippen LogP contribution is 2.35. The van der Waals surface area contributed by atoms with Crippen molar-refractivity contribution in [3.63, 3.8) is 0 Å². The minimum atomic E-state index is 0.807. The van der Waals surface area contributed by atoms with Gasteiger partial charge in [0.2, 0.25) is 0 Å². The number of benzene rings is 1. The van der Waals surface area contributed by atoms with E-state index in [1.54, 1.807) is 0 Å². The Hall–Kier alpha value is -0.730. The fraction of sp³-hybridized carbons (Fsp3) is 0.571. The van der Waals surface area contributed by atoms with Crippen LogP contribution in [-0.2, 0) is 13.0 Å². The fourth-order valence-corrected chi connectivity index (χ4v) is 2.70. The highest BCUT2D eigenvalue weighted by Gasteiger charge is 2.21. The molecule has 1 fully saturated rings. The Morgan fingerprint density at radius 3 is 3.06 bits per heavy atom. The summed E-state index contributed by atoms with van der Waals surface area (Å²) in [5, 5.41) is 4.19. The summed E-state index contributed by atoms with van der Waals surface area (Å²) in [4.78, 5) is 0. The Morgan fingerprint density at radius 1 is 1.35 bits per heavy atom. The summed E-state index contributed by atoms with van der Waals surface area (Å²) in [5.74, 6) is 1.78.